The van der Waals surface area contributed by atoms with Gasteiger partial charge in [-0.3, -0.25) is 9.78 Å². The van der Waals surface area contributed by atoms with E-state index in [1.165, 1.54) is 0 Å². The van der Waals surface area contributed by atoms with E-state index in [4.69, 9.17) is 16.3 Å². The van der Waals surface area contributed by atoms with Gasteiger partial charge in [-0.2, -0.15) is 0 Å². The number of anilines is 2. The molecule has 23 heavy (non-hydrogen) atoms. The number of halogens is 1. The summed E-state index contributed by atoms with van der Waals surface area (Å²) in [6.45, 7) is 1.56. The van der Waals surface area contributed by atoms with Gasteiger partial charge < -0.3 is 15.4 Å². The minimum atomic E-state index is -0.293. The fraction of sp³-hybridized carbons (Fsp3) is 0.294. The van der Waals surface area contributed by atoms with Gasteiger partial charge in [0.05, 0.1) is 16.8 Å². The maximum Gasteiger partial charge on any atom is 0.274 e. The van der Waals surface area contributed by atoms with Gasteiger partial charge in [0.15, 0.2) is 0 Å². The van der Waals surface area contributed by atoms with Crippen molar-refractivity contribution in [2.75, 3.05) is 23.8 Å². The van der Waals surface area contributed by atoms with Crippen LogP contribution in [0.25, 0.3) is 0 Å². The van der Waals surface area contributed by atoms with Crippen LogP contribution in [-0.4, -0.2) is 30.1 Å². The molecule has 1 fully saturated rings. The number of amides is 1. The standard InChI is InChI=1S/C17H18ClN3O2/c18-14-5-1-2-6-15(14)21-17(22)16-10-12(7-8-19-16)20-11-13-4-3-9-23-13/h1-2,5-8,10,13H,3-4,9,11H2,(H,19,20)(H,21,22). The molecule has 3 rings (SSSR count). The number of carbonyl (C=O) groups excluding carboxylic acids is 1. The molecule has 1 amide bonds. The Morgan fingerprint density at radius 3 is 3.00 bits per heavy atom. The molecule has 0 spiro atoms. The summed E-state index contributed by atoms with van der Waals surface area (Å²) in [5, 5.41) is 6.55. The SMILES string of the molecule is O=C(Nc1ccccc1Cl)c1cc(NCC2CCCO2)ccn1. The first-order chi connectivity index (χ1) is 11.2. The summed E-state index contributed by atoms with van der Waals surface area (Å²) >= 11 is 6.05. The molecule has 1 saturated heterocycles. The molecule has 2 aromatic rings. The molecule has 0 bridgehead atoms. The van der Waals surface area contributed by atoms with Crippen molar-refractivity contribution in [3.63, 3.8) is 0 Å². The number of hydrogen-bond donors (Lipinski definition) is 2. The molecule has 2 heterocycles. The highest BCUT2D eigenvalue weighted by Gasteiger charge is 2.15. The molecule has 0 saturated carbocycles. The number of hydrogen-bond acceptors (Lipinski definition) is 4. The molecule has 1 atom stereocenters. The fourth-order valence-electron chi connectivity index (χ4n) is 2.45. The van der Waals surface area contributed by atoms with Crippen LogP contribution in [0.2, 0.25) is 5.02 Å². The summed E-state index contributed by atoms with van der Waals surface area (Å²) in [4.78, 5) is 16.4. The van der Waals surface area contributed by atoms with Crippen molar-refractivity contribution < 1.29 is 9.53 Å². The Morgan fingerprint density at radius 2 is 2.22 bits per heavy atom. The average Bonchev–Trinajstić information content (AvgIpc) is 3.09. The molecule has 2 N–H and O–H groups in total. The van der Waals surface area contributed by atoms with Crippen LogP contribution in [0.3, 0.4) is 0 Å². The number of para-hydroxylation sites is 1. The van der Waals surface area contributed by atoms with Gasteiger partial charge in [0.25, 0.3) is 5.91 Å². The number of nitrogens with zero attached hydrogens (tertiary/aromatic N) is 1. The molecule has 1 aliphatic rings. The zero-order valence-corrected chi connectivity index (χ0v) is 13.3. The van der Waals surface area contributed by atoms with Crippen molar-refractivity contribution in [2.24, 2.45) is 0 Å². The Morgan fingerprint density at radius 1 is 1.35 bits per heavy atom. The second-order valence-corrected chi connectivity index (χ2v) is 5.79. The number of ether oxygens (including phenoxy) is 1. The molecule has 1 aromatic heterocycles. The van der Waals surface area contributed by atoms with Crippen LogP contribution in [0.15, 0.2) is 42.6 Å². The van der Waals surface area contributed by atoms with E-state index in [1.54, 1.807) is 24.4 Å². The lowest BCUT2D eigenvalue weighted by atomic mass is 10.2. The van der Waals surface area contributed by atoms with Gasteiger partial charge in [0.1, 0.15) is 5.69 Å². The summed E-state index contributed by atoms with van der Waals surface area (Å²) in [5.41, 5.74) is 1.75. The maximum absolute atomic E-state index is 12.3. The lowest BCUT2D eigenvalue weighted by Gasteiger charge is -2.12. The highest BCUT2D eigenvalue weighted by molar-refractivity contribution is 6.33. The smallest absolute Gasteiger partial charge is 0.274 e. The molecule has 0 aliphatic carbocycles. The molecule has 6 heteroatoms. The van der Waals surface area contributed by atoms with E-state index in [2.05, 4.69) is 15.6 Å². The quantitative estimate of drug-likeness (QED) is 0.879. The third kappa shape index (κ3) is 4.21. The monoisotopic (exact) mass is 331 g/mol. The van der Waals surface area contributed by atoms with Crippen LogP contribution in [-0.2, 0) is 4.74 Å². The van der Waals surface area contributed by atoms with Gasteiger partial charge in [-0.25, -0.2) is 0 Å². The highest BCUT2D eigenvalue weighted by atomic mass is 35.5. The second-order valence-electron chi connectivity index (χ2n) is 5.38. The number of benzene rings is 1. The summed E-state index contributed by atoms with van der Waals surface area (Å²) in [5.74, 6) is -0.293. The van der Waals surface area contributed by atoms with Crippen molar-refractivity contribution in [2.45, 2.75) is 18.9 Å². The Bertz CT molecular complexity index is 687. The number of pyridine rings is 1. The Kier molecular flexibility index (Phi) is 5.10. The maximum atomic E-state index is 12.3. The topological polar surface area (TPSA) is 63.2 Å². The number of carbonyl (C=O) groups is 1. The van der Waals surface area contributed by atoms with Gasteiger partial charge in [0.2, 0.25) is 0 Å². The lowest BCUT2D eigenvalue weighted by molar-refractivity contribution is 0.102. The zero-order chi connectivity index (χ0) is 16.1. The molecule has 1 aromatic carbocycles. The zero-order valence-electron chi connectivity index (χ0n) is 12.6. The molecule has 1 aliphatic heterocycles. The minimum absolute atomic E-state index is 0.239. The van der Waals surface area contributed by atoms with Crippen LogP contribution in [0.1, 0.15) is 23.3 Å². The normalized spacial score (nSPS) is 17.0. The number of nitrogens with one attached hydrogen (secondary N) is 2. The minimum Gasteiger partial charge on any atom is -0.382 e. The molecular weight excluding hydrogens is 314 g/mol. The average molecular weight is 332 g/mol. The Labute approximate surface area is 140 Å². The van der Waals surface area contributed by atoms with Crippen LogP contribution >= 0.6 is 11.6 Å². The van der Waals surface area contributed by atoms with Crippen molar-refractivity contribution in [1.82, 2.24) is 4.98 Å². The second kappa shape index (κ2) is 7.44. The van der Waals surface area contributed by atoms with E-state index in [9.17, 15) is 4.79 Å². The summed E-state index contributed by atoms with van der Waals surface area (Å²) in [7, 11) is 0. The molecule has 0 radical (unpaired) electrons. The van der Waals surface area contributed by atoms with Crippen LogP contribution in [0, 0.1) is 0 Å². The van der Waals surface area contributed by atoms with Gasteiger partial charge >= 0.3 is 0 Å². The van der Waals surface area contributed by atoms with Crippen molar-refractivity contribution in [3.8, 4) is 0 Å². The van der Waals surface area contributed by atoms with Gasteiger partial charge in [-0.05, 0) is 37.1 Å². The number of rotatable bonds is 5. The highest BCUT2D eigenvalue weighted by Crippen LogP contribution is 2.21. The first-order valence-corrected chi connectivity index (χ1v) is 7.97. The van der Waals surface area contributed by atoms with Crippen LogP contribution in [0.4, 0.5) is 11.4 Å². The molecule has 5 nitrogen and oxygen atoms in total. The van der Waals surface area contributed by atoms with E-state index in [-0.39, 0.29) is 12.0 Å². The first kappa shape index (κ1) is 15.8. The lowest BCUT2D eigenvalue weighted by Crippen LogP contribution is -2.19. The van der Waals surface area contributed by atoms with Crippen LogP contribution < -0.4 is 10.6 Å². The third-order valence-electron chi connectivity index (χ3n) is 3.67. The van der Waals surface area contributed by atoms with E-state index < -0.39 is 0 Å². The van der Waals surface area contributed by atoms with Crippen molar-refractivity contribution in [3.05, 3.63) is 53.3 Å². The molecule has 1 unspecified atom stereocenters. The van der Waals surface area contributed by atoms with E-state index in [0.717, 1.165) is 31.7 Å². The van der Waals surface area contributed by atoms with E-state index >= 15 is 0 Å². The van der Waals surface area contributed by atoms with Gasteiger partial charge in [0, 0.05) is 25.0 Å². The summed E-state index contributed by atoms with van der Waals surface area (Å²) in [6.07, 6.45) is 4.02. The predicted molar refractivity (Wildman–Crippen MR) is 91.1 cm³/mol. The largest absolute Gasteiger partial charge is 0.382 e. The third-order valence-corrected chi connectivity index (χ3v) is 4.00. The first-order valence-electron chi connectivity index (χ1n) is 7.60. The predicted octanol–water partition coefficient (Wildman–Crippen LogP) is 3.58. The van der Waals surface area contributed by atoms with Crippen LogP contribution in [0.5, 0.6) is 0 Å². The van der Waals surface area contributed by atoms with Gasteiger partial charge in [-0.1, -0.05) is 23.7 Å². The van der Waals surface area contributed by atoms with Gasteiger partial charge in [-0.15, -0.1) is 0 Å². The van der Waals surface area contributed by atoms with Crippen molar-refractivity contribution in [1.29, 1.82) is 0 Å². The Hall–Kier alpha value is -2.11. The molecule has 120 valence electrons. The summed E-state index contributed by atoms with van der Waals surface area (Å²) in [6, 6.07) is 10.7. The summed E-state index contributed by atoms with van der Waals surface area (Å²) < 4.78 is 5.57. The Balaban J connectivity index is 1.64. The number of aromatic nitrogens is 1. The van der Waals surface area contributed by atoms with E-state index in [1.807, 2.05) is 18.2 Å². The van der Waals surface area contributed by atoms with E-state index in [0.29, 0.717) is 16.4 Å². The molecular formula is C17H18ClN3O2. The fourth-order valence-corrected chi connectivity index (χ4v) is 2.63. The van der Waals surface area contributed by atoms with Crippen molar-refractivity contribution >= 4 is 28.9 Å².